The third-order valence-corrected chi connectivity index (χ3v) is 20.5. The summed E-state index contributed by atoms with van der Waals surface area (Å²) in [6.07, 6.45) is 18.7. The molecule has 394 valence electrons. The number of fused-ring (bicyclic) bond motifs is 15. The van der Waals surface area contributed by atoms with Gasteiger partial charge in [-0.15, -0.1) is 0 Å². The molecule has 3 heteroatoms. The maximum absolute atomic E-state index is 2.54. The minimum absolute atomic E-state index is 0.0424. The van der Waals surface area contributed by atoms with Crippen LogP contribution in [0.1, 0.15) is 112 Å². The molecule has 10 aromatic rings. The summed E-state index contributed by atoms with van der Waals surface area (Å²) in [6.45, 7) is 19.4. The zero-order chi connectivity index (χ0) is 54.9. The second-order valence-corrected chi connectivity index (χ2v) is 26.2. The van der Waals surface area contributed by atoms with E-state index in [1.54, 1.807) is 0 Å². The maximum atomic E-state index is 2.54. The molecule has 16 rings (SSSR count). The van der Waals surface area contributed by atoms with E-state index in [1.807, 2.05) is 0 Å². The highest BCUT2D eigenvalue weighted by atomic mass is 15.2. The zero-order valence-corrected chi connectivity index (χ0v) is 47.7. The Labute approximate surface area is 477 Å². The van der Waals surface area contributed by atoms with Crippen molar-refractivity contribution in [1.29, 1.82) is 0 Å². The van der Waals surface area contributed by atoms with Crippen molar-refractivity contribution in [3.63, 3.8) is 0 Å². The molecular weight excluding hydrogens is 979 g/mol. The molecule has 1 heterocycles. The van der Waals surface area contributed by atoms with Crippen molar-refractivity contribution in [3.05, 3.63) is 281 Å². The number of hydrogen-bond donors (Lipinski definition) is 0. The number of hydrogen-bond acceptors (Lipinski definition) is 2. The normalized spacial score (nSPS) is 20.8. The molecule has 4 unspecified atom stereocenters. The van der Waals surface area contributed by atoms with Gasteiger partial charge in [0.1, 0.15) is 0 Å². The number of nitrogens with zero attached hydrogens (tertiary/aromatic N) is 3. The molecule has 0 amide bonds. The van der Waals surface area contributed by atoms with E-state index >= 15 is 0 Å². The summed E-state index contributed by atoms with van der Waals surface area (Å²) in [4.78, 5) is 5.09. The van der Waals surface area contributed by atoms with Crippen LogP contribution in [0.3, 0.4) is 0 Å². The molecule has 0 spiro atoms. The highest BCUT2D eigenvalue weighted by molar-refractivity contribution is 6.12. The Morgan fingerprint density at radius 3 is 1.14 bits per heavy atom. The SMILES string of the molecule is CC1(C)c2ccccc2-c2ccc(N(c3ccc4c(c3)C(C)(C)C3C=CC=CC43)c3ccc4c(c3)c3cc(N(c5ccc6c(c5)C(C)(C)c5ccccc5-6)c5ccc6c(c5)C(C)(C)C5C=CC=CC65)ccc3n4-c3ccccc3)cc21. The van der Waals surface area contributed by atoms with Gasteiger partial charge in [-0.1, -0.05) is 195 Å². The van der Waals surface area contributed by atoms with Crippen molar-refractivity contribution >= 4 is 55.9 Å². The fraction of sp³-hybridized carbons (Fsp3) is 0.205. The summed E-state index contributed by atoms with van der Waals surface area (Å²) in [5, 5.41) is 2.41. The zero-order valence-electron chi connectivity index (χ0n) is 47.7. The fourth-order valence-corrected chi connectivity index (χ4v) is 16.3. The van der Waals surface area contributed by atoms with E-state index in [2.05, 4.69) is 306 Å². The average Bonchev–Trinajstić information content (AvgIpc) is 4.15. The van der Waals surface area contributed by atoms with E-state index in [-0.39, 0.29) is 21.7 Å². The number of allylic oxidation sites excluding steroid dienone is 8. The van der Waals surface area contributed by atoms with Gasteiger partial charge in [0, 0.05) is 73.2 Å². The number of benzene rings is 9. The van der Waals surface area contributed by atoms with Gasteiger partial charge in [-0.2, -0.15) is 0 Å². The summed E-state index contributed by atoms with van der Waals surface area (Å²) >= 11 is 0. The van der Waals surface area contributed by atoms with E-state index in [9.17, 15) is 0 Å². The summed E-state index contributed by atoms with van der Waals surface area (Å²) in [7, 11) is 0. The Morgan fingerprint density at radius 1 is 0.321 bits per heavy atom. The highest BCUT2D eigenvalue weighted by Crippen LogP contribution is 2.58. The molecule has 6 aliphatic carbocycles. The molecule has 0 saturated heterocycles. The quantitative estimate of drug-likeness (QED) is 0.158. The Morgan fingerprint density at radius 2 is 0.679 bits per heavy atom. The van der Waals surface area contributed by atoms with Gasteiger partial charge in [-0.25, -0.2) is 0 Å². The molecule has 3 nitrogen and oxygen atoms in total. The molecule has 0 aliphatic heterocycles. The topological polar surface area (TPSA) is 11.4 Å². The van der Waals surface area contributed by atoms with Crippen LogP contribution in [0.25, 0.3) is 49.7 Å². The van der Waals surface area contributed by atoms with Crippen LogP contribution in [-0.2, 0) is 21.7 Å². The van der Waals surface area contributed by atoms with Crippen molar-refractivity contribution in [2.75, 3.05) is 9.80 Å². The van der Waals surface area contributed by atoms with E-state index < -0.39 is 0 Å². The van der Waals surface area contributed by atoms with Crippen LogP contribution in [0.15, 0.2) is 237 Å². The first-order valence-corrected chi connectivity index (χ1v) is 29.4. The summed E-state index contributed by atoms with van der Waals surface area (Å²) in [5.74, 6) is 1.57. The standard InChI is InChI=1S/C78H67N3/c1-75(2)65-26-16-12-22-55(65)59-36-30-51(44-69(59)75)79(52-31-37-60-56-23-13-17-27-66(56)76(3,4)70(60)45-52)49-34-40-73-63(42-49)64-43-50(35-41-74(64)81(73)48-20-10-9-11-21-48)80(53-32-38-61-57-24-14-18-28-67(57)77(5,6)71(61)46-53)54-33-39-62-58-25-15-19-29-68(58)78(7,8)72(62)47-54/h9-47,55,57,65,67H,1-8H3. The lowest BCUT2D eigenvalue weighted by Gasteiger charge is -2.31. The van der Waals surface area contributed by atoms with Crippen LogP contribution < -0.4 is 9.80 Å². The Hall–Kier alpha value is -8.66. The summed E-state index contributed by atoms with van der Waals surface area (Å²) < 4.78 is 2.47. The highest BCUT2D eigenvalue weighted by Gasteiger charge is 2.47. The molecule has 4 atom stereocenters. The van der Waals surface area contributed by atoms with Crippen LogP contribution in [0, 0.1) is 11.8 Å². The first-order valence-electron chi connectivity index (χ1n) is 29.4. The van der Waals surface area contributed by atoms with Gasteiger partial charge < -0.3 is 14.4 Å². The van der Waals surface area contributed by atoms with Crippen LogP contribution >= 0.6 is 0 Å². The minimum Gasteiger partial charge on any atom is -0.310 e. The van der Waals surface area contributed by atoms with Gasteiger partial charge in [-0.3, -0.25) is 0 Å². The maximum Gasteiger partial charge on any atom is 0.0542 e. The number of rotatable bonds is 7. The molecule has 0 bridgehead atoms. The number of anilines is 6. The first kappa shape index (κ1) is 48.3. The molecule has 0 saturated carbocycles. The molecule has 6 aliphatic rings. The second kappa shape index (κ2) is 16.9. The van der Waals surface area contributed by atoms with Gasteiger partial charge in [0.2, 0.25) is 0 Å². The molecule has 0 N–H and O–H groups in total. The Balaban J connectivity index is 0.921. The summed E-state index contributed by atoms with van der Waals surface area (Å²) in [6, 6.07) is 72.5. The lowest BCUT2D eigenvalue weighted by Crippen LogP contribution is -2.24. The summed E-state index contributed by atoms with van der Waals surface area (Å²) in [5.41, 5.74) is 26.6. The first-order chi connectivity index (χ1) is 39.2. The third kappa shape index (κ3) is 6.75. The van der Waals surface area contributed by atoms with Crippen LogP contribution in [-0.4, -0.2) is 4.57 Å². The van der Waals surface area contributed by atoms with Gasteiger partial charge in [0.15, 0.2) is 0 Å². The number of para-hydroxylation sites is 1. The lowest BCUT2D eigenvalue weighted by molar-refractivity contribution is 0.394. The van der Waals surface area contributed by atoms with Gasteiger partial charge in [0.25, 0.3) is 0 Å². The molecule has 0 radical (unpaired) electrons. The van der Waals surface area contributed by atoms with Crippen molar-refractivity contribution in [2.24, 2.45) is 11.8 Å². The van der Waals surface area contributed by atoms with Gasteiger partial charge in [-0.05, 0) is 186 Å². The third-order valence-electron chi connectivity index (χ3n) is 20.5. The molecular formula is C78H67N3. The van der Waals surface area contributed by atoms with Gasteiger partial charge in [0.05, 0.1) is 11.0 Å². The van der Waals surface area contributed by atoms with Crippen LogP contribution in [0.2, 0.25) is 0 Å². The largest absolute Gasteiger partial charge is 0.310 e. The van der Waals surface area contributed by atoms with Crippen LogP contribution in [0.4, 0.5) is 34.1 Å². The molecule has 81 heavy (non-hydrogen) atoms. The number of aromatic nitrogens is 1. The molecule has 1 aromatic heterocycles. The van der Waals surface area contributed by atoms with Crippen LogP contribution in [0.5, 0.6) is 0 Å². The van der Waals surface area contributed by atoms with E-state index in [1.165, 1.54) is 99.9 Å². The van der Waals surface area contributed by atoms with E-state index in [0.717, 1.165) is 28.4 Å². The Kier molecular flexibility index (Phi) is 10.1. The second-order valence-electron chi connectivity index (χ2n) is 26.2. The van der Waals surface area contributed by atoms with Crippen molar-refractivity contribution in [1.82, 2.24) is 4.57 Å². The van der Waals surface area contributed by atoms with Crippen molar-refractivity contribution < 1.29 is 0 Å². The smallest absolute Gasteiger partial charge is 0.0542 e. The van der Waals surface area contributed by atoms with Crippen molar-refractivity contribution in [3.8, 4) is 27.9 Å². The fourth-order valence-electron chi connectivity index (χ4n) is 16.3. The lowest BCUT2D eigenvalue weighted by atomic mass is 9.74. The minimum atomic E-state index is -0.156. The van der Waals surface area contributed by atoms with Gasteiger partial charge >= 0.3 is 0 Å². The average molecular weight is 1050 g/mol. The predicted octanol–water partition coefficient (Wildman–Crippen LogP) is 20.6. The molecule has 0 fully saturated rings. The Bertz CT molecular complexity index is 4190. The molecule has 9 aromatic carbocycles. The van der Waals surface area contributed by atoms with E-state index in [4.69, 9.17) is 0 Å². The predicted molar refractivity (Wildman–Crippen MR) is 340 cm³/mol. The monoisotopic (exact) mass is 1050 g/mol. The van der Waals surface area contributed by atoms with E-state index in [0.29, 0.717) is 23.7 Å². The van der Waals surface area contributed by atoms with Crippen molar-refractivity contribution in [2.45, 2.75) is 88.9 Å².